The molecule has 7 heterocycles. The summed E-state index contributed by atoms with van der Waals surface area (Å²) in [6.07, 6.45) is 5.89. The number of carbonyl (C=O) groups excluding carboxylic acids is 3. The van der Waals surface area contributed by atoms with Crippen LogP contribution >= 0.6 is 11.3 Å². The van der Waals surface area contributed by atoms with Gasteiger partial charge in [0.25, 0.3) is 0 Å². The van der Waals surface area contributed by atoms with Gasteiger partial charge in [0.1, 0.15) is 47.6 Å². The lowest BCUT2D eigenvalue weighted by atomic mass is 9.82. The molecule has 4 aromatic rings. The molecule has 358 valence electrons. The van der Waals surface area contributed by atoms with Crippen molar-refractivity contribution < 1.29 is 27.9 Å². The van der Waals surface area contributed by atoms with Crippen LogP contribution in [-0.2, 0) is 16.1 Å². The summed E-state index contributed by atoms with van der Waals surface area (Å²) in [6.45, 7) is 15.0. The molecule has 5 fully saturated rings. The van der Waals surface area contributed by atoms with E-state index in [1.807, 2.05) is 6.07 Å². The van der Waals surface area contributed by atoms with Crippen LogP contribution < -0.4 is 30.5 Å². The predicted octanol–water partition coefficient (Wildman–Crippen LogP) is 4.90. The number of likely N-dealkylation sites (tertiary alicyclic amines) is 3. The molecule has 2 aromatic carbocycles. The number of hydrogen-bond acceptors (Lipinski definition) is 14. The van der Waals surface area contributed by atoms with Crippen LogP contribution in [0.25, 0.3) is 0 Å². The number of hydrogen-bond donors (Lipinski definition) is 3. The molecule has 0 saturated carbocycles. The third-order valence-corrected chi connectivity index (χ3v) is 15.0. The average Bonchev–Trinajstić information content (AvgIpc) is 4.07. The molecule has 2 aromatic heterocycles. The van der Waals surface area contributed by atoms with E-state index in [-0.39, 0.29) is 35.2 Å². The second-order valence-electron chi connectivity index (χ2n) is 20.0. The maximum absolute atomic E-state index is 15.7. The number of nitrogens with zero attached hydrogens (tertiary/aromatic N) is 8. The minimum atomic E-state index is -0.553. The van der Waals surface area contributed by atoms with Crippen LogP contribution in [0.3, 0.4) is 0 Å². The summed E-state index contributed by atoms with van der Waals surface area (Å²) in [7, 11) is 0. The fourth-order valence-corrected chi connectivity index (χ4v) is 11.1. The van der Waals surface area contributed by atoms with Gasteiger partial charge in [0, 0.05) is 87.5 Å². The van der Waals surface area contributed by atoms with Gasteiger partial charge < -0.3 is 35.4 Å². The number of piperidine rings is 2. The van der Waals surface area contributed by atoms with Crippen molar-refractivity contribution in [2.24, 2.45) is 17.3 Å². The number of ketones is 1. The number of halogens is 2. The molecule has 0 aliphatic carbocycles. The highest BCUT2D eigenvalue weighted by Crippen LogP contribution is 2.35. The molecule has 0 bridgehead atoms. The van der Waals surface area contributed by atoms with E-state index in [0.717, 1.165) is 83.3 Å². The Kier molecular flexibility index (Phi) is 14.3. The summed E-state index contributed by atoms with van der Waals surface area (Å²) in [5, 5.41) is 11.4. The molecule has 3 N–H and O–H groups in total. The Bertz CT molecular complexity index is 2360. The maximum Gasteiger partial charge on any atom is 0.240 e. The van der Waals surface area contributed by atoms with E-state index in [1.54, 1.807) is 46.4 Å². The monoisotopic (exact) mass is 939 g/mol. The standard InChI is InChI=1S/C49H63F2N11O4S/c1-48(2)7-14-58(15-8-48)23-35-20-40(51)42(21-39(35)50)62-29-46(64)57-49(31-62)9-16-61(17-10-49)44-22-43(54-32-55-44)52-11-4-13-59-24-36-26-60(27-37(36)25-59)28-45(63)53-12-18-66-38-6-3-5-34(19-38)47(65)41-30-67-33-56-41/h3,5-6,19-22,30,32-33,36-37H,4,7-18,23-29,31H2,1-2H3,(H,53,63)(H,57,64)(H,52,54,55). The van der Waals surface area contributed by atoms with Crippen molar-refractivity contribution in [1.82, 2.24) is 40.3 Å². The molecule has 1 spiro atoms. The number of ether oxygens (including phenoxy) is 1. The van der Waals surface area contributed by atoms with Crippen LogP contribution in [0.5, 0.6) is 5.75 Å². The summed E-state index contributed by atoms with van der Waals surface area (Å²) >= 11 is 1.38. The zero-order chi connectivity index (χ0) is 46.5. The van der Waals surface area contributed by atoms with E-state index in [4.69, 9.17) is 4.74 Å². The Labute approximate surface area is 395 Å². The number of nitrogens with one attached hydrogen (secondary N) is 3. The minimum Gasteiger partial charge on any atom is -0.492 e. The Hall–Kier alpha value is -5.30. The lowest BCUT2D eigenvalue weighted by Crippen LogP contribution is -2.66. The van der Waals surface area contributed by atoms with E-state index >= 15 is 8.78 Å². The molecule has 5 aliphatic rings. The number of anilines is 3. The Morgan fingerprint density at radius 2 is 1.66 bits per heavy atom. The van der Waals surface area contributed by atoms with Crippen molar-refractivity contribution >= 4 is 46.3 Å². The molecule has 67 heavy (non-hydrogen) atoms. The zero-order valence-corrected chi connectivity index (χ0v) is 39.5. The van der Waals surface area contributed by atoms with Gasteiger partial charge in [-0.15, -0.1) is 11.3 Å². The van der Waals surface area contributed by atoms with Gasteiger partial charge in [-0.1, -0.05) is 26.0 Å². The van der Waals surface area contributed by atoms with Gasteiger partial charge in [-0.2, -0.15) is 0 Å². The Morgan fingerprint density at radius 1 is 0.881 bits per heavy atom. The van der Waals surface area contributed by atoms with Crippen LogP contribution in [0.15, 0.2) is 59.7 Å². The average molecular weight is 940 g/mol. The number of benzene rings is 2. The lowest BCUT2D eigenvalue weighted by Gasteiger charge is -2.48. The van der Waals surface area contributed by atoms with Gasteiger partial charge in [0.2, 0.25) is 17.6 Å². The normalized spacial score (nSPS) is 21.9. The van der Waals surface area contributed by atoms with Crippen molar-refractivity contribution in [3.8, 4) is 5.75 Å². The molecular formula is C49H63F2N11O4S. The summed E-state index contributed by atoms with van der Waals surface area (Å²) < 4.78 is 37.0. The molecule has 18 heteroatoms. The summed E-state index contributed by atoms with van der Waals surface area (Å²) in [6, 6.07) is 11.6. The number of piperazine rings is 1. The summed E-state index contributed by atoms with van der Waals surface area (Å²) in [5.41, 5.74) is 2.79. The topological polar surface area (TPSA) is 151 Å². The van der Waals surface area contributed by atoms with Gasteiger partial charge >= 0.3 is 0 Å². The van der Waals surface area contributed by atoms with Crippen LogP contribution in [0.1, 0.15) is 67.6 Å². The van der Waals surface area contributed by atoms with Gasteiger partial charge in [-0.05, 0) is 87.2 Å². The van der Waals surface area contributed by atoms with Crippen molar-refractivity contribution in [2.75, 3.05) is 113 Å². The van der Waals surface area contributed by atoms with E-state index in [0.29, 0.717) is 93.1 Å². The second-order valence-corrected chi connectivity index (χ2v) is 20.7. The van der Waals surface area contributed by atoms with Gasteiger partial charge in [0.05, 0.1) is 36.4 Å². The lowest BCUT2D eigenvalue weighted by molar-refractivity contribution is -0.123. The third-order valence-electron chi connectivity index (χ3n) is 14.4. The number of carbonyl (C=O) groups is 3. The SMILES string of the molecule is CC1(C)CCN(Cc2cc(F)c(N3CC(=O)NC4(CCN(c5cc(NCCCN6CC7CN(CC(=O)NCCOc8cccc(C(=O)c9cscn9)c8)CC7C6)ncn5)CC4)C3)cc2F)CC1. The first-order chi connectivity index (χ1) is 32.4. The fourth-order valence-electron chi connectivity index (χ4n) is 10.5. The number of aromatic nitrogens is 3. The fraction of sp³-hybridized carbons (Fsp3) is 0.551. The smallest absolute Gasteiger partial charge is 0.240 e. The molecule has 0 radical (unpaired) electrons. The van der Waals surface area contributed by atoms with Gasteiger partial charge in [0.15, 0.2) is 0 Å². The van der Waals surface area contributed by atoms with Crippen molar-refractivity contribution in [3.05, 3.63) is 88.1 Å². The first kappa shape index (κ1) is 46.8. The number of amides is 2. The highest BCUT2D eigenvalue weighted by molar-refractivity contribution is 7.07. The quantitative estimate of drug-likeness (QED) is 0.0975. The minimum absolute atomic E-state index is 0.0124. The predicted molar refractivity (Wildman–Crippen MR) is 255 cm³/mol. The van der Waals surface area contributed by atoms with Crippen molar-refractivity contribution in [2.45, 2.75) is 58.0 Å². The molecule has 2 amide bonds. The first-order valence-corrected chi connectivity index (χ1v) is 24.7. The molecule has 5 aliphatic heterocycles. The second kappa shape index (κ2) is 20.5. The highest BCUT2D eigenvalue weighted by atomic mass is 32.1. The maximum atomic E-state index is 15.7. The number of thiazole rings is 1. The third kappa shape index (κ3) is 11.7. The van der Waals surface area contributed by atoms with Crippen molar-refractivity contribution in [1.29, 1.82) is 0 Å². The van der Waals surface area contributed by atoms with E-state index in [1.165, 1.54) is 23.5 Å². The van der Waals surface area contributed by atoms with Crippen LogP contribution in [0, 0.1) is 28.9 Å². The first-order valence-electron chi connectivity index (χ1n) is 23.8. The summed E-state index contributed by atoms with van der Waals surface area (Å²) in [5.74, 6) is 2.00. The van der Waals surface area contributed by atoms with E-state index < -0.39 is 17.2 Å². The van der Waals surface area contributed by atoms with Crippen LogP contribution in [0.2, 0.25) is 0 Å². The van der Waals surface area contributed by atoms with Gasteiger partial charge in [-0.25, -0.2) is 23.7 Å². The molecule has 15 nitrogen and oxygen atoms in total. The number of fused-ring (bicyclic) bond motifs is 1. The Balaban J connectivity index is 0.663. The van der Waals surface area contributed by atoms with Crippen LogP contribution in [0.4, 0.5) is 26.1 Å². The number of rotatable bonds is 17. The zero-order valence-electron chi connectivity index (χ0n) is 38.7. The molecule has 2 atom stereocenters. The molecular weight excluding hydrogens is 877 g/mol. The van der Waals surface area contributed by atoms with Crippen LogP contribution in [-0.4, -0.2) is 151 Å². The van der Waals surface area contributed by atoms with E-state index in [2.05, 4.69) is 64.3 Å². The molecule has 5 saturated heterocycles. The molecule has 2 unspecified atom stereocenters. The van der Waals surface area contributed by atoms with E-state index in [9.17, 15) is 14.4 Å². The summed E-state index contributed by atoms with van der Waals surface area (Å²) in [4.78, 5) is 62.5. The van der Waals surface area contributed by atoms with Gasteiger partial charge in [-0.3, -0.25) is 24.2 Å². The highest BCUT2D eigenvalue weighted by Gasteiger charge is 2.43. The largest absolute Gasteiger partial charge is 0.492 e. The van der Waals surface area contributed by atoms with Crippen molar-refractivity contribution in [3.63, 3.8) is 0 Å². The molecule has 9 rings (SSSR count). The Morgan fingerprint density at radius 3 is 2.42 bits per heavy atom.